The Labute approximate surface area is 143 Å². The van der Waals surface area contributed by atoms with E-state index in [1.807, 2.05) is 30.5 Å². The van der Waals surface area contributed by atoms with Crippen LogP contribution in [0.1, 0.15) is 10.4 Å². The predicted octanol–water partition coefficient (Wildman–Crippen LogP) is 4.10. The molecular formula is C16H14N2O2S3. The van der Waals surface area contributed by atoms with E-state index in [1.54, 1.807) is 46.9 Å². The van der Waals surface area contributed by atoms with Crippen molar-refractivity contribution >= 4 is 38.9 Å². The summed E-state index contributed by atoms with van der Waals surface area (Å²) in [5.41, 5.74) is 1.01. The molecular weight excluding hydrogens is 348 g/mol. The predicted molar refractivity (Wildman–Crippen MR) is 96.7 cm³/mol. The molecule has 0 aliphatic heterocycles. The lowest BCUT2D eigenvalue weighted by molar-refractivity contribution is 0.584. The van der Waals surface area contributed by atoms with Gasteiger partial charge in [0.05, 0.1) is 11.1 Å². The minimum atomic E-state index is -3.62. The number of nitrogens with one attached hydrogen (secondary N) is 1. The smallest absolute Gasteiger partial charge is 0.200 e. The van der Waals surface area contributed by atoms with Gasteiger partial charge in [-0.05, 0) is 42.6 Å². The van der Waals surface area contributed by atoms with Crippen LogP contribution in [0.2, 0.25) is 0 Å². The third-order valence-corrected chi connectivity index (χ3v) is 6.41. The molecule has 2 heterocycles. The Morgan fingerprint density at radius 3 is 2.52 bits per heavy atom. The number of thiophene rings is 2. The lowest BCUT2D eigenvalue weighted by Crippen LogP contribution is -2.18. The highest BCUT2D eigenvalue weighted by Crippen LogP contribution is 2.30. The molecule has 0 atom stereocenters. The average Bonchev–Trinajstić information content (AvgIpc) is 3.18. The lowest BCUT2D eigenvalue weighted by Gasteiger charge is -2.03. The minimum absolute atomic E-state index is 0.200. The molecule has 2 aromatic heterocycles. The quantitative estimate of drug-likeness (QED) is 0.549. The van der Waals surface area contributed by atoms with Crippen LogP contribution < -0.4 is 4.83 Å². The SMILES string of the molecule is Cc1ccc(S(=O)(=O)N/N=C/c2ccc(-c3cccs3)s2)cc1. The first-order chi connectivity index (χ1) is 11.0. The molecule has 3 rings (SSSR count). The van der Waals surface area contributed by atoms with Crippen molar-refractivity contribution in [3.63, 3.8) is 0 Å². The third kappa shape index (κ3) is 3.87. The number of hydrazone groups is 1. The summed E-state index contributed by atoms with van der Waals surface area (Å²) in [4.78, 5) is 5.66. The van der Waals surface area contributed by atoms with E-state index in [-0.39, 0.29) is 4.90 Å². The molecule has 3 aromatic rings. The number of hydrogen-bond acceptors (Lipinski definition) is 5. The summed E-state index contributed by atoms with van der Waals surface area (Å²) in [7, 11) is -3.62. The number of hydrogen-bond donors (Lipinski definition) is 1. The molecule has 118 valence electrons. The average molecular weight is 363 g/mol. The van der Waals surface area contributed by atoms with Crippen molar-refractivity contribution < 1.29 is 8.42 Å². The van der Waals surface area contributed by atoms with Crippen LogP contribution in [-0.4, -0.2) is 14.6 Å². The third-order valence-electron chi connectivity index (χ3n) is 3.09. The lowest BCUT2D eigenvalue weighted by atomic mass is 10.2. The first-order valence-electron chi connectivity index (χ1n) is 6.80. The second-order valence-electron chi connectivity index (χ2n) is 4.85. The van der Waals surface area contributed by atoms with Crippen LogP contribution in [0.15, 0.2) is 63.9 Å². The Bertz CT molecular complexity index is 909. The summed E-state index contributed by atoms with van der Waals surface area (Å²) in [5.74, 6) is 0. The van der Waals surface area contributed by atoms with Crippen molar-refractivity contribution in [2.45, 2.75) is 11.8 Å². The van der Waals surface area contributed by atoms with E-state index < -0.39 is 10.0 Å². The van der Waals surface area contributed by atoms with Crippen molar-refractivity contribution in [2.75, 3.05) is 0 Å². The Hall–Kier alpha value is -1.96. The molecule has 0 bridgehead atoms. The fourth-order valence-electron chi connectivity index (χ4n) is 1.90. The van der Waals surface area contributed by atoms with Crippen molar-refractivity contribution in [1.29, 1.82) is 0 Å². The molecule has 0 aliphatic carbocycles. The molecule has 0 spiro atoms. The van der Waals surface area contributed by atoms with Crippen LogP contribution in [0.4, 0.5) is 0 Å². The normalized spacial score (nSPS) is 11.9. The second-order valence-corrected chi connectivity index (χ2v) is 8.57. The van der Waals surface area contributed by atoms with Gasteiger partial charge >= 0.3 is 0 Å². The van der Waals surface area contributed by atoms with Crippen LogP contribution in [0.25, 0.3) is 9.75 Å². The van der Waals surface area contributed by atoms with Crippen LogP contribution in [0, 0.1) is 6.92 Å². The topological polar surface area (TPSA) is 58.5 Å². The summed E-state index contributed by atoms with van der Waals surface area (Å²) in [6.45, 7) is 1.91. The summed E-state index contributed by atoms with van der Waals surface area (Å²) in [6, 6.07) is 14.6. The van der Waals surface area contributed by atoms with Gasteiger partial charge in [-0.25, -0.2) is 4.83 Å². The Morgan fingerprint density at radius 2 is 1.83 bits per heavy atom. The molecule has 0 fully saturated rings. The Morgan fingerprint density at radius 1 is 1.04 bits per heavy atom. The molecule has 7 heteroatoms. The standard InChI is InChI=1S/C16H14N2O2S3/c1-12-4-7-14(8-5-12)23(19,20)18-17-11-13-6-9-16(22-13)15-3-2-10-21-15/h2-11,18H,1H3/b17-11+. The highest BCUT2D eigenvalue weighted by Gasteiger charge is 2.11. The van der Waals surface area contributed by atoms with Crippen LogP contribution in [0.5, 0.6) is 0 Å². The van der Waals surface area contributed by atoms with Crippen molar-refractivity contribution in [1.82, 2.24) is 4.83 Å². The zero-order valence-corrected chi connectivity index (χ0v) is 14.7. The number of benzene rings is 1. The molecule has 0 saturated heterocycles. The van der Waals surface area contributed by atoms with Gasteiger partial charge in [0.1, 0.15) is 0 Å². The van der Waals surface area contributed by atoms with Crippen LogP contribution in [0.3, 0.4) is 0 Å². The summed E-state index contributed by atoms with van der Waals surface area (Å²) in [6.07, 6.45) is 1.52. The van der Waals surface area contributed by atoms with Crippen LogP contribution >= 0.6 is 22.7 Å². The van der Waals surface area contributed by atoms with E-state index in [9.17, 15) is 8.42 Å². The van der Waals surface area contributed by atoms with Crippen molar-refractivity contribution in [3.05, 3.63) is 64.4 Å². The van der Waals surface area contributed by atoms with E-state index in [2.05, 4.69) is 16.0 Å². The van der Waals surface area contributed by atoms with Crippen molar-refractivity contribution in [3.8, 4) is 9.75 Å². The fraction of sp³-hybridized carbons (Fsp3) is 0.0625. The molecule has 1 N–H and O–H groups in total. The van der Waals surface area contributed by atoms with Crippen molar-refractivity contribution in [2.24, 2.45) is 5.10 Å². The maximum absolute atomic E-state index is 12.1. The molecule has 1 aromatic carbocycles. The van der Waals surface area contributed by atoms with Gasteiger partial charge in [-0.2, -0.15) is 13.5 Å². The van der Waals surface area contributed by atoms with Crippen LogP contribution in [-0.2, 0) is 10.0 Å². The molecule has 0 amide bonds. The van der Waals surface area contributed by atoms with Gasteiger partial charge in [0.25, 0.3) is 10.0 Å². The number of rotatable bonds is 5. The maximum Gasteiger partial charge on any atom is 0.276 e. The minimum Gasteiger partial charge on any atom is -0.200 e. The number of nitrogens with zero attached hydrogens (tertiary/aromatic N) is 1. The van der Waals surface area contributed by atoms with Gasteiger partial charge in [-0.1, -0.05) is 23.8 Å². The molecule has 23 heavy (non-hydrogen) atoms. The molecule has 0 unspecified atom stereocenters. The number of sulfonamides is 1. The zero-order chi connectivity index (χ0) is 16.3. The first kappa shape index (κ1) is 15.9. The Balaban J connectivity index is 1.70. The van der Waals surface area contributed by atoms with E-state index in [4.69, 9.17) is 0 Å². The highest BCUT2D eigenvalue weighted by atomic mass is 32.2. The monoisotopic (exact) mass is 362 g/mol. The fourth-order valence-corrected chi connectivity index (χ4v) is 4.41. The summed E-state index contributed by atoms with van der Waals surface area (Å²) >= 11 is 3.24. The number of aryl methyl sites for hydroxylation is 1. The highest BCUT2D eigenvalue weighted by molar-refractivity contribution is 7.89. The zero-order valence-electron chi connectivity index (χ0n) is 12.3. The van der Waals surface area contributed by atoms with E-state index in [0.29, 0.717) is 0 Å². The largest absolute Gasteiger partial charge is 0.276 e. The maximum atomic E-state index is 12.1. The Kier molecular flexibility index (Phi) is 4.61. The van der Waals surface area contributed by atoms with Gasteiger partial charge in [-0.3, -0.25) is 0 Å². The summed E-state index contributed by atoms with van der Waals surface area (Å²) in [5, 5.41) is 5.88. The van der Waals surface area contributed by atoms with Gasteiger partial charge in [-0.15, -0.1) is 22.7 Å². The van der Waals surface area contributed by atoms with Gasteiger partial charge in [0.2, 0.25) is 0 Å². The first-order valence-corrected chi connectivity index (χ1v) is 9.98. The second kappa shape index (κ2) is 6.66. The van der Waals surface area contributed by atoms with Gasteiger partial charge in [0.15, 0.2) is 0 Å². The molecule has 4 nitrogen and oxygen atoms in total. The molecule has 0 saturated carbocycles. The summed E-state index contributed by atoms with van der Waals surface area (Å²) < 4.78 is 24.2. The van der Waals surface area contributed by atoms with Gasteiger partial charge < -0.3 is 0 Å². The molecule has 0 aliphatic rings. The van der Waals surface area contributed by atoms with Gasteiger partial charge in [0, 0.05) is 14.6 Å². The van der Waals surface area contributed by atoms with E-state index in [1.165, 1.54) is 11.1 Å². The van der Waals surface area contributed by atoms with E-state index in [0.717, 1.165) is 15.3 Å². The van der Waals surface area contributed by atoms with E-state index >= 15 is 0 Å². The molecule has 0 radical (unpaired) electrons.